The number of nitrogens with one attached hydrogen (secondary N) is 2. The lowest BCUT2D eigenvalue weighted by Crippen LogP contribution is -2.24. The van der Waals surface area contributed by atoms with Crippen molar-refractivity contribution in [1.29, 1.82) is 0 Å². The monoisotopic (exact) mass is 391 g/mol. The molecule has 0 atom stereocenters. The highest BCUT2D eigenvalue weighted by Gasteiger charge is 2.14. The standard InChI is InChI=1S/C21H21N5O3/c1-26(2)16-6-4-15(5-7-16)24-21-22-10-9-17(25-21)20(27)23-12-14-3-8-18-19(11-14)29-13-28-18/h3-11H,12-13H2,1-2H3,(H,23,27)(H,22,24,25). The Bertz CT molecular complexity index is 1020. The zero-order valence-electron chi connectivity index (χ0n) is 16.2. The molecule has 29 heavy (non-hydrogen) atoms. The van der Waals surface area contributed by atoms with Gasteiger partial charge in [-0.1, -0.05) is 6.07 Å². The number of nitrogens with zero attached hydrogens (tertiary/aromatic N) is 3. The van der Waals surface area contributed by atoms with Crippen molar-refractivity contribution in [3.05, 3.63) is 66.0 Å². The number of carbonyl (C=O) groups excluding carboxylic acids is 1. The van der Waals surface area contributed by atoms with E-state index in [-0.39, 0.29) is 18.4 Å². The van der Waals surface area contributed by atoms with Gasteiger partial charge in [-0.15, -0.1) is 0 Å². The Labute approximate surface area is 168 Å². The van der Waals surface area contributed by atoms with Crippen LogP contribution in [0.5, 0.6) is 11.5 Å². The number of hydrogen-bond donors (Lipinski definition) is 2. The number of ether oxygens (including phenoxy) is 2. The number of aromatic nitrogens is 2. The smallest absolute Gasteiger partial charge is 0.270 e. The number of rotatable bonds is 6. The van der Waals surface area contributed by atoms with Gasteiger partial charge in [0.15, 0.2) is 11.5 Å². The van der Waals surface area contributed by atoms with Crippen molar-refractivity contribution >= 4 is 23.2 Å². The van der Waals surface area contributed by atoms with E-state index in [0.29, 0.717) is 24.0 Å². The summed E-state index contributed by atoms with van der Waals surface area (Å²) >= 11 is 0. The maximum atomic E-state index is 12.5. The lowest BCUT2D eigenvalue weighted by molar-refractivity contribution is 0.0946. The van der Waals surface area contributed by atoms with Gasteiger partial charge in [0.25, 0.3) is 5.91 Å². The van der Waals surface area contributed by atoms with Gasteiger partial charge in [0.2, 0.25) is 12.7 Å². The first-order valence-electron chi connectivity index (χ1n) is 9.13. The van der Waals surface area contributed by atoms with Gasteiger partial charge in [0, 0.05) is 38.2 Å². The van der Waals surface area contributed by atoms with Crippen LogP contribution in [0.15, 0.2) is 54.7 Å². The van der Waals surface area contributed by atoms with Crippen LogP contribution in [0.2, 0.25) is 0 Å². The van der Waals surface area contributed by atoms with Crippen molar-refractivity contribution in [3.63, 3.8) is 0 Å². The molecule has 0 spiro atoms. The summed E-state index contributed by atoms with van der Waals surface area (Å²) in [6.07, 6.45) is 1.55. The first-order valence-corrected chi connectivity index (χ1v) is 9.13. The largest absolute Gasteiger partial charge is 0.454 e. The molecule has 4 rings (SSSR count). The minimum Gasteiger partial charge on any atom is -0.454 e. The van der Waals surface area contributed by atoms with E-state index in [9.17, 15) is 4.79 Å². The molecule has 8 nitrogen and oxygen atoms in total. The average Bonchev–Trinajstić information content (AvgIpc) is 3.20. The minimum atomic E-state index is -0.281. The molecule has 3 aromatic rings. The minimum absolute atomic E-state index is 0.222. The molecular formula is C21H21N5O3. The van der Waals surface area contributed by atoms with Crippen molar-refractivity contribution in [2.75, 3.05) is 31.1 Å². The zero-order valence-corrected chi connectivity index (χ0v) is 16.2. The highest BCUT2D eigenvalue weighted by Crippen LogP contribution is 2.32. The fourth-order valence-corrected chi connectivity index (χ4v) is 2.84. The summed E-state index contributed by atoms with van der Waals surface area (Å²) in [6.45, 7) is 0.577. The van der Waals surface area contributed by atoms with Gasteiger partial charge in [-0.25, -0.2) is 9.97 Å². The molecular weight excluding hydrogens is 370 g/mol. The summed E-state index contributed by atoms with van der Waals surface area (Å²) in [5.41, 5.74) is 3.13. The van der Waals surface area contributed by atoms with E-state index in [4.69, 9.17) is 9.47 Å². The van der Waals surface area contributed by atoms with E-state index in [1.807, 2.05) is 61.5 Å². The van der Waals surface area contributed by atoms with Crippen molar-refractivity contribution in [3.8, 4) is 11.5 Å². The van der Waals surface area contributed by atoms with Crippen molar-refractivity contribution in [2.24, 2.45) is 0 Å². The van der Waals surface area contributed by atoms with E-state index in [1.165, 1.54) is 0 Å². The van der Waals surface area contributed by atoms with Gasteiger partial charge in [0.1, 0.15) is 5.69 Å². The summed E-state index contributed by atoms with van der Waals surface area (Å²) in [4.78, 5) is 23.0. The van der Waals surface area contributed by atoms with Crippen LogP contribution in [-0.2, 0) is 6.54 Å². The molecule has 1 aliphatic heterocycles. The van der Waals surface area contributed by atoms with E-state index in [1.54, 1.807) is 12.3 Å². The third-order valence-corrected chi connectivity index (χ3v) is 4.42. The molecule has 2 aromatic carbocycles. The number of amides is 1. The number of anilines is 3. The third-order valence-electron chi connectivity index (χ3n) is 4.42. The zero-order chi connectivity index (χ0) is 20.2. The molecule has 1 aliphatic rings. The number of fused-ring (bicyclic) bond motifs is 1. The summed E-state index contributed by atoms with van der Waals surface area (Å²) in [5, 5.41) is 5.97. The molecule has 0 saturated heterocycles. The lowest BCUT2D eigenvalue weighted by atomic mass is 10.2. The Morgan fingerprint density at radius 3 is 2.66 bits per heavy atom. The first-order chi connectivity index (χ1) is 14.1. The van der Waals surface area contributed by atoms with Crippen LogP contribution in [0.3, 0.4) is 0 Å². The Morgan fingerprint density at radius 2 is 1.86 bits per heavy atom. The van der Waals surface area contributed by atoms with Gasteiger partial charge in [0.05, 0.1) is 0 Å². The molecule has 0 bridgehead atoms. The van der Waals surface area contributed by atoms with Gasteiger partial charge in [-0.05, 0) is 48.0 Å². The van der Waals surface area contributed by atoms with Gasteiger partial charge in [-0.3, -0.25) is 4.79 Å². The maximum Gasteiger partial charge on any atom is 0.270 e. The van der Waals surface area contributed by atoms with E-state index >= 15 is 0 Å². The molecule has 0 radical (unpaired) electrons. The fourth-order valence-electron chi connectivity index (χ4n) is 2.84. The van der Waals surface area contributed by atoms with Crippen LogP contribution in [0, 0.1) is 0 Å². The average molecular weight is 391 g/mol. The Kier molecular flexibility index (Phi) is 5.15. The third kappa shape index (κ3) is 4.37. The van der Waals surface area contributed by atoms with Crippen molar-refractivity contribution in [1.82, 2.24) is 15.3 Å². The molecule has 0 aliphatic carbocycles. The molecule has 148 valence electrons. The highest BCUT2D eigenvalue weighted by molar-refractivity contribution is 5.92. The van der Waals surface area contributed by atoms with E-state index in [0.717, 1.165) is 16.9 Å². The second kappa shape index (κ2) is 8.05. The van der Waals surface area contributed by atoms with Gasteiger partial charge in [-0.2, -0.15) is 0 Å². The Morgan fingerprint density at radius 1 is 1.07 bits per heavy atom. The molecule has 8 heteroatoms. The van der Waals surface area contributed by atoms with Crippen molar-refractivity contribution < 1.29 is 14.3 Å². The van der Waals surface area contributed by atoms with Crippen LogP contribution in [0.1, 0.15) is 16.1 Å². The predicted molar refractivity (Wildman–Crippen MR) is 110 cm³/mol. The normalized spacial score (nSPS) is 11.8. The Hall–Kier alpha value is -3.81. The van der Waals surface area contributed by atoms with Gasteiger partial charge < -0.3 is 25.0 Å². The highest BCUT2D eigenvalue weighted by atomic mass is 16.7. The fraction of sp³-hybridized carbons (Fsp3) is 0.190. The SMILES string of the molecule is CN(C)c1ccc(Nc2nccc(C(=O)NCc3ccc4c(c3)OCO4)n2)cc1. The van der Waals surface area contributed by atoms with Crippen LogP contribution < -0.4 is 25.0 Å². The van der Waals surface area contributed by atoms with Gasteiger partial charge >= 0.3 is 0 Å². The topological polar surface area (TPSA) is 88.6 Å². The van der Waals surface area contributed by atoms with E-state index in [2.05, 4.69) is 20.6 Å². The molecule has 0 unspecified atom stereocenters. The van der Waals surface area contributed by atoms with Crippen molar-refractivity contribution in [2.45, 2.75) is 6.54 Å². The molecule has 2 N–H and O–H groups in total. The Balaban J connectivity index is 1.39. The van der Waals surface area contributed by atoms with Crippen LogP contribution in [0.25, 0.3) is 0 Å². The summed E-state index contributed by atoms with van der Waals surface area (Å²) in [7, 11) is 3.97. The molecule has 0 saturated carbocycles. The molecule has 0 fully saturated rings. The lowest BCUT2D eigenvalue weighted by Gasteiger charge is -2.13. The number of carbonyl (C=O) groups is 1. The predicted octanol–water partition coefficient (Wildman–Crippen LogP) is 2.94. The van der Waals surface area contributed by atoms with Crippen LogP contribution in [-0.4, -0.2) is 36.8 Å². The molecule has 1 aromatic heterocycles. The number of benzene rings is 2. The molecule has 1 amide bonds. The maximum absolute atomic E-state index is 12.5. The first kappa shape index (κ1) is 18.5. The second-order valence-electron chi connectivity index (χ2n) is 6.70. The van der Waals surface area contributed by atoms with E-state index < -0.39 is 0 Å². The summed E-state index contributed by atoms with van der Waals surface area (Å²) < 4.78 is 10.6. The molecule has 2 heterocycles. The van der Waals surface area contributed by atoms with Crippen LogP contribution in [0.4, 0.5) is 17.3 Å². The van der Waals surface area contributed by atoms with Crippen LogP contribution >= 0.6 is 0 Å². The number of hydrogen-bond acceptors (Lipinski definition) is 7. The second-order valence-corrected chi connectivity index (χ2v) is 6.70. The summed E-state index contributed by atoms with van der Waals surface area (Å²) in [5.74, 6) is 1.48. The quantitative estimate of drug-likeness (QED) is 0.668. The summed E-state index contributed by atoms with van der Waals surface area (Å²) in [6, 6.07) is 15.0.